The monoisotopic (exact) mass is 365 g/mol. The molecule has 0 amide bonds. The van der Waals surface area contributed by atoms with Crippen LogP contribution in [-0.4, -0.2) is 21.1 Å². The first-order valence-electron chi connectivity index (χ1n) is 9.43. The van der Waals surface area contributed by atoms with Crippen molar-refractivity contribution in [2.24, 2.45) is 5.92 Å². The highest BCUT2D eigenvalue weighted by atomic mass is 16.6. The van der Waals surface area contributed by atoms with Crippen molar-refractivity contribution in [3.8, 4) is 0 Å². The zero-order valence-corrected chi connectivity index (χ0v) is 15.9. The summed E-state index contributed by atoms with van der Waals surface area (Å²) in [6.07, 6.45) is 2.82. The van der Waals surface area contributed by atoms with E-state index < -0.39 is 0 Å². The van der Waals surface area contributed by atoms with Gasteiger partial charge >= 0.3 is 5.97 Å². The van der Waals surface area contributed by atoms with E-state index in [4.69, 9.17) is 14.2 Å². The van der Waals surface area contributed by atoms with Crippen LogP contribution in [0.2, 0.25) is 0 Å². The number of ether oxygens (including phenoxy) is 1. The van der Waals surface area contributed by atoms with E-state index in [1.54, 1.807) is 0 Å². The molecule has 0 bridgehead atoms. The van der Waals surface area contributed by atoms with Crippen LogP contribution in [-0.2, 0) is 24.2 Å². The predicted octanol–water partition coefficient (Wildman–Crippen LogP) is 4.22. The molecule has 6 heteroatoms. The van der Waals surface area contributed by atoms with Crippen LogP contribution < -0.4 is 0 Å². The van der Waals surface area contributed by atoms with Gasteiger partial charge in [-0.15, -0.1) is 0 Å². The van der Waals surface area contributed by atoms with Crippen LogP contribution in [0.4, 0.5) is 0 Å². The molecule has 140 valence electrons. The quantitative estimate of drug-likeness (QED) is 0.644. The van der Waals surface area contributed by atoms with Gasteiger partial charge < -0.3 is 9.26 Å². The lowest BCUT2D eigenvalue weighted by Crippen LogP contribution is -2.19. The summed E-state index contributed by atoms with van der Waals surface area (Å²) in [5.74, 6) is 1.25. The van der Waals surface area contributed by atoms with Gasteiger partial charge in [0.1, 0.15) is 0 Å². The number of aromatic nitrogens is 3. The molecular weight excluding hydrogens is 342 g/mol. The minimum absolute atomic E-state index is 0.0282. The number of aryl methyl sites for hydroxylation is 1. The molecule has 0 fully saturated rings. The summed E-state index contributed by atoms with van der Waals surface area (Å²) in [7, 11) is 0. The van der Waals surface area contributed by atoms with E-state index in [-0.39, 0.29) is 18.5 Å². The zero-order chi connectivity index (χ0) is 19.0. The van der Waals surface area contributed by atoms with Crippen molar-refractivity contribution in [2.75, 3.05) is 0 Å². The smallest absolute Gasteiger partial charge is 0.339 e. The molecule has 1 atom stereocenters. The van der Waals surface area contributed by atoms with E-state index in [1.807, 2.05) is 38.1 Å². The van der Waals surface area contributed by atoms with E-state index in [0.29, 0.717) is 23.2 Å². The maximum Gasteiger partial charge on any atom is 0.339 e. The zero-order valence-electron chi connectivity index (χ0n) is 15.9. The van der Waals surface area contributed by atoms with Crippen molar-refractivity contribution in [1.82, 2.24) is 15.1 Å². The average Bonchev–Trinajstić information content (AvgIpc) is 3.14. The average molecular weight is 365 g/mol. The minimum atomic E-state index is -0.358. The van der Waals surface area contributed by atoms with Gasteiger partial charge in [0.2, 0.25) is 0 Å². The van der Waals surface area contributed by atoms with Crippen LogP contribution in [0.25, 0.3) is 10.9 Å². The molecule has 0 radical (unpaired) electrons. The molecule has 1 aliphatic carbocycles. The number of carbonyl (C=O) groups excluding carboxylic acids is 1. The second-order valence-electron chi connectivity index (χ2n) is 7.55. The van der Waals surface area contributed by atoms with E-state index in [0.717, 1.165) is 41.4 Å². The summed E-state index contributed by atoms with van der Waals surface area (Å²) in [4.78, 5) is 22.1. The highest BCUT2D eigenvalue weighted by molar-refractivity contribution is 6.05. The van der Waals surface area contributed by atoms with Gasteiger partial charge in [0.05, 0.1) is 11.1 Å². The molecule has 4 rings (SSSR count). The lowest BCUT2D eigenvalue weighted by molar-refractivity contribution is 0.0430. The third kappa shape index (κ3) is 3.44. The Morgan fingerprint density at radius 3 is 2.89 bits per heavy atom. The molecule has 6 nitrogen and oxygen atoms in total. The van der Waals surface area contributed by atoms with Crippen molar-refractivity contribution in [3.05, 3.63) is 52.8 Å². The Morgan fingerprint density at radius 1 is 1.30 bits per heavy atom. The second kappa shape index (κ2) is 7.10. The molecule has 0 N–H and O–H groups in total. The van der Waals surface area contributed by atoms with Crippen molar-refractivity contribution in [2.45, 2.75) is 52.6 Å². The number of pyridine rings is 1. The van der Waals surface area contributed by atoms with Crippen LogP contribution in [0.15, 0.2) is 28.8 Å². The summed E-state index contributed by atoms with van der Waals surface area (Å²) in [5.41, 5.74) is 3.49. The molecule has 1 aliphatic rings. The number of para-hydroxylation sites is 1. The first-order chi connectivity index (χ1) is 13.0. The van der Waals surface area contributed by atoms with Crippen molar-refractivity contribution in [3.63, 3.8) is 0 Å². The summed E-state index contributed by atoms with van der Waals surface area (Å²) in [6, 6.07) is 7.74. The van der Waals surface area contributed by atoms with Crippen LogP contribution in [0, 0.1) is 5.92 Å². The summed E-state index contributed by atoms with van der Waals surface area (Å²) >= 11 is 0. The SMILES string of the molecule is CC1CCc2nc3ccccc3c(C(=O)OCc3nc(C(C)C)no3)c2C1. The maximum atomic E-state index is 13.0. The molecule has 0 spiro atoms. The number of esters is 1. The van der Waals surface area contributed by atoms with Gasteiger partial charge in [-0.05, 0) is 36.8 Å². The Bertz CT molecular complexity index is 994. The number of benzene rings is 1. The van der Waals surface area contributed by atoms with E-state index in [2.05, 4.69) is 17.1 Å². The maximum absolute atomic E-state index is 13.0. The Balaban J connectivity index is 1.66. The highest BCUT2D eigenvalue weighted by Crippen LogP contribution is 2.32. The molecule has 0 saturated carbocycles. The third-order valence-electron chi connectivity index (χ3n) is 5.04. The van der Waals surface area contributed by atoms with Crippen LogP contribution in [0.5, 0.6) is 0 Å². The van der Waals surface area contributed by atoms with Crippen LogP contribution in [0.3, 0.4) is 0 Å². The number of fused-ring (bicyclic) bond motifs is 2. The lowest BCUT2D eigenvalue weighted by Gasteiger charge is -2.24. The van der Waals surface area contributed by atoms with Crippen molar-refractivity contribution < 1.29 is 14.1 Å². The van der Waals surface area contributed by atoms with Gasteiger partial charge in [-0.3, -0.25) is 4.98 Å². The van der Waals surface area contributed by atoms with E-state index in [1.165, 1.54) is 0 Å². The molecule has 3 aromatic rings. The first-order valence-corrected chi connectivity index (χ1v) is 9.43. The number of hydrogen-bond acceptors (Lipinski definition) is 6. The predicted molar refractivity (Wildman–Crippen MR) is 100 cm³/mol. The highest BCUT2D eigenvalue weighted by Gasteiger charge is 2.26. The Labute approximate surface area is 157 Å². The molecule has 2 heterocycles. The number of carbonyl (C=O) groups is 1. The lowest BCUT2D eigenvalue weighted by atomic mass is 9.84. The standard InChI is InChI=1S/C21H23N3O3/c1-12(2)20-23-18(27-24-20)11-26-21(25)19-14-6-4-5-7-16(14)22-17-9-8-13(3)10-15(17)19/h4-7,12-13H,8-11H2,1-3H3. The summed E-state index contributed by atoms with van der Waals surface area (Å²) < 4.78 is 10.7. The fraction of sp³-hybridized carbons (Fsp3) is 0.429. The fourth-order valence-electron chi connectivity index (χ4n) is 3.56. The van der Waals surface area contributed by atoms with Crippen molar-refractivity contribution in [1.29, 1.82) is 0 Å². The molecule has 1 unspecified atom stereocenters. The molecule has 2 aromatic heterocycles. The third-order valence-corrected chi connectivity index (χ3v) is 5.04. The van der Waals surface area contributed by atoms with Gasteiger partial charge in [0.25, 0.3) is 5.89 Å². The van der Waals surface area contributed by atoms with Crippen LogP contribution in [0.1, 0.15) is 66.4 Å². The van der Waals surface area contributed by atoms with Gasteiger partial charge in [0, 0.05) is 17.0 Å². The largest absolute Gasteiger partial charge is 0.452 e. The first kappa shape index (κ1) is 17.6. The molecule has 27 heavy (non-hydrogen) atoms. The minimum Gasteiger partial charge on any atom is -0.452 e. The summed E-state index contributed by atoms with van der Waals surface area (Å²) in [6.45, 7) is 6.15. The number of rotatable bonds is 4. The Kier molecular flexibility index (Phi) is 4.64. The van der Waals surface area contributed by atoms with Gasteiger partial charge in [-0.2, -0.15) is 4.98 Å². The van der Waals surface area contributed by atoms with Gasteiger partial charge in [-0.25, -0.2) is 4.79 Å². The Morgan fingerprint density at radius 2 is 2.11 bits per heavy atom. The van der Waals surface area contributed by atoms with E-state index in [9.17, 15) is 4.79 Å². The second-order valence-corrected chi connectivity index (χ2v) is 7.55. The molecule has 0 aliphatic heterocycles. The van der Waals surface area contributed by atoms with Crippen LogP contribution >= 0.6 is 0 Å². The normalized spacial score (nSPS) is 16.5. The van der Waals surface area contributed by atoms with Crippen molar-refractivity contribution >= 4 is 16.9 Å². The molecular formula is C21H23N3O3. The van der Waals surface area contributed by atoms with Gasteiger partial charge in [-0.1, -0.05) is 44.1 Å². The fourth-order valence-corrected chi connectivity index (χ4v) is 3.56. The molecule has 0 saturated heterocycles. The van der Waals surface area contributed by atoms with Gasteiger partial charge in [0.15, 0.2) is 12.4 Å². The van der Waals surface area contributed by atoms with E-state index >= 15 is 0 Å². The topological polar surface area (TPSA) is 78.1 Å². The number of hydrogen-bond donors (Lipinski definition) is 0. The number of nitrogens with zero attached hydrogens (tertiary/aromatic N) is 3. The molecule has 1 aromatic carbocycles. The Hall–Kier alpha value is -2.76. The summed E-state index contributed by atoms with van der Waals surface area (Å²) in [5, 5.41) is 4.75.